The molecule has 0 amide bonds. The van der Waals surface area contributed by atoms with Crippen molar-refractivity contribution in [3.8, 4) is 6.07 Å². The number of aliphatic hydroxyl groups excluding tert-OH is 1. The largest absolute Gasteiger partial charge is 0.396 e. The topological polar surface area (TPSA) is 93.4 Å². The van der Waals surface area contributed by atoms with Gasteiger partial charge in [0, 0.05) is 24.4 Å². The molecule has 2 heterocycles. The van der Waals surface area contributed by atoms with E-state index in [0.717, 1.165) is 49.0 Å². The number of nitrogens with zero attached hydrogens (tertiary/aromatic N) is 2. The van der Waals surface area contributed by atoms with Crippen molar-refractivity contribution in [1.82, 2.24) is 9.62 Å². The molecular formula is C19H25N3O3S2. The maximum Gasteiger partial charge on any atom is 0.250 e. The first-order valence-electron chi connectivity index (χ1n) is 9.20. The third kappa shape index (κ3) is 4.68. The van der Waals surface area contributed by atoms with Gasteiger partial charge in [-0.2, -0.15) is 5.26 Å². The van der Waals surface area contributed by atoms with Gasteiger partial charge in [-0.1, -0.05) is 0 Å². The van der Waals surface area contributed by atoms with Gasteiger partial charge in [0.15, 0.2) is 0 Å². The van der Waals surface area contributed by atoms with E-state index in [0.29, 0.717) is 27.8 Å². The molecule has 1 saturated heterocycles. The Morgan fingerprint density at radius 1 is 1.44 bits per heavy atom. The molecule has 0 unspecified atom stereocenters. The number of hydrogen-bond acceptors (Lipinski definition) is 6. The maximum absolute atomic E-state index is 12.7. The van der Waals surface area contributed by atoms with Gasteiger partial charge in [0.05, 0.1) is 11.6 Å². The first kappa shape index (κ1) is 20.2. The van der Waals surface area contributed by atoms with E-state index in [-0.39, 0.29) is 6.61 Å². The van der Waals surface area contributed by atoms with E-state index in [4.69, 9.17) is 5.26 Å². The fourth-order valence-electron chi connectivity index (χ4n) is 3.60. The fourth-order valence-corrected chi connectivity index (χ4v) is 6.47. The second-order valence-corrected chi connectivity index (χ2v) is 10.1. The highest BCUT2D eigenvalue weighted by Gasteiger charge is 2.22. The molecular weight excluding hydrogens is 382 g/mol. The van der Waals surface area contributed by atoms with Crippen LogP contribution in [0.15, 0.2) is 22.4 Å². The van der Waals surface area contributed by atoms with E-state index in [2.05, 4.69) is 15.7 Å². The lowest BCUT2D eigenvalue weighted by Gasteiger charge is -2.31. The Morgan fingerprint density at radius 3 is 3.00 bits per heavy atom. The van der Waals surface area contributed by atoms with E-state index in [1.54, 1.807) is 25.1 Å². The average molecular weight is 408 g/mol. The van der Waals surface area contributed by atoms with Crippen molar-refractivity contribution in [3.05, 3.63) is 29.3 Å². The van der Waals surface area contributed by atoms with Gasteiger partial charge in [-0.05, 0) is 74.3 Å². The van der Waals surface area contributed by atoms with Crippen molar-refractivity contribution in [2.24, 2.45) is 5.92 Å². The SMILES string of the molecule is Cc1c(S(=O)(=O)NCCCN2CCC[C@H](CO)C2)sc2ccc(C#N)cc12. The summed E-state index contributed by atoms with van der Waals surface area (Å²) in [6.07, 6.45) is 2.89. The third-order valence-corrected chi connectivity index (χ3v) is 8.42. The van der Waals surface area contributed by atoms with E-state index in [9.17, 15) is 13.5 Å². The third-order valence-electron chi connectivity index (χ3n) is 5.07. The van der Waals surface area contributed by atoms with Crippen LogP contribution in [-0.2, 0) is 10.0 Å². The summed E-state index contributed by atoms with van der Waals surface area (Å²) >= 11 is 1.24. The van der Waals surface area contributed by atoms with Crippen LogP contribution in [0.5, 0.6) is 0 Å². The van der Waals surface area contributed by atoms with Crippen molar-refractivity contribution in [3.63, 3.8) is 0 Å². The molecule has 1 aromatic heterocycles. The first-order valence-corrected chi connectivity index (χ1v) is 11.5. The summed E-state index contributed by atoms with van der Waals surface area (Å²) < 4.78 is 29.3. The van der Waals surface area contributed by atoms with Crippen LogP contribution in [0.4, 0.5) is 0 Å². The highest BCUT2D eigenvalue weighted by atomic mass is 32.2. The maximum atomic E-state index is 12.7. The monoisotopic (exact) mass is 407 g/mol. The Balaban J connectivity index is 1.61. The molecule has 6 nitrogen and oxygen atoms in total. The minimum absolute atomic E-state index is 0.224. The molecule has 0 bridgehead atoms. The number of thiophene rings is 1. The molecule has 1 fully saturated rings. The van der Waals surface area contributed by atoms with Crippen LogP contribution in [-0.4, -0.2) is 51.2 Å². The van der Waals surface area contributed by atoms with E-state index >= 15 is 0 Å². The summed E-state index contributed by atoms with van der Waals surface area (Å²) in [6, 6.07) is 7.35. The molecule has 1 aromatic carbocycles. The second-order valence-electron chi connectivity index (χ2n) is 7.08. The minimum Gasteiger partial charge on any atom is -0.396 e. The van der Waals surface area contributed by atoms with Crippen molar-refractivity contribution < 1.29 is 13.5 Å². The van der Waals surface area contributed by atoms with Gasteiger partial charge in [0.25, 0.3) is 0 Å². The average Bonchev–Trinajstić information content (AvgIpc) is 3.02. The summed E-state index contributed by atoms with van der Waals surface area (Å²) in [5.41, 5.74) is 1.23. The Morgan fingerprint density at radius 2 is 2.26 bits per heavy atom. The summed E-state index contributed by atoms with van der Waals surface area (Å²) in [5, 5.41) is 19.2. The zero-order valence-electron chi connectivity index (χ0n) is 15.4. The lowest BCUT2D eigenvalue weighted by atomic mass is 9.99. The predicted octanol–water partition coefficient (Wildman–Crippen LogP) is 2.45. The fraction of sp³-hybridized carbons (Fsp3) is 0.526. The molecule has 2 aromatic rings. The normalized spacial score (nSPS) is 18.6. The molecule has 0 saturated carbocycles. The number of aryl methyl sites for hydroxylation is 1. The Labute approximate surface area is 164 Å². The molecule has 0 spiro atoms. The van der Waals surface area contributed by atoms with Crippen LogP contribution in [0.1, 0.15) is 30.4 Å². The Bertz CT molecular complexity index is 947. The number of hydrogen-bond donors (Lipinski definition) is 2. The number of nitriles is 1. The van der Waals surface area contributed by atoms with E-state index < -0.39 is 10.0 Å². The smallest absolute Gasteiger partial charge is 0.250 e. The van der Waals surface area contributed by atoms with Gasteiger partial charge in [-0.15, -0.1) is 11.3 Å². The van der Waals surface area contributed by atoms with Crippen LogP contribution in [0.3, 0.4) is 0 Å². The van der Waals surface area contributed by atoms with Crippen molar-refractivity contribution >= 4 is 31.4 Å². The van der Waals surface area contributed by atoms with E-state index in [1.165, 1.54) is 11.3 Å². The predicted molar refractivity (Wildman–Crippen MR) is 107 cm³/mol. The molecule has 1 atom stereocenters. The lowest BCUT2D eigenvalue weighted by Crippen LogP contribution is -2.38. The van der Waals surface area contributed by atoms with Gasteiger partial charge >= 0.3 is 0 Å². The Hall–Kier alpha value is -1.50. The number of benzene rings is 1. The molecule has 1 aliphatic heterocycles. The summed E-state index contributed by atoms with van der Waals surface area (Å²) in [5.74, 6) is 0.343. The molecule has 1 aliphatic rings. The van der Waals surface area contributed by atoms with Gasteiger partial charge in [0.1, 0.15) is 4.21 Å². The minimum atomic E-state index is -3.56. The quantitative estimate of drug-likeness (QED) is 0.688. The number of piperidine rings is 1. The molecule has 3 rings (SSSR count). The molecule has 8 heteroatoms. The highest BCUT2D eigenvalue weighted by Crippen LogP contribution is 2.34. The standard InChI is InChI=1S/C19H25N3O3S2/c1-14-17-10-15(11-20)5-6-18(17)26-19(14)27(24,25)21-7-3-9-22-8-2-4-16(12-22)13-23/h5-6,10,16,21,23H,2-4,7-9,12-13H2,1H3/t16-/m0/s1. The van der Waals surface area contributed by atoms with Crippen LogP contribution in [0.2, 0.25) is 0 Å². The molecule has 27 heavy (non-hydrogen) atoms. The number of rotatable bonds is 7. The number of likely N-dealkylation sites (tertiary alicyclic amines) is 1. The summed E-state index contributed by atoms with van der Waals surface area (Å²) in [7, 11) is -3.56. The van der Waals surface area contributed by atoms with Gasteiger partial charge < -0.3 is 10.0 Å². The van der Waals surface area contributed by atoms with Crippen LogP contribution in [0, 0.1) is 24.2 Å². The van der Waals surface area contributed by atoms with Gasteiger partial charge in [0.2, 0.25) is 10.0 Å². The van der Waals surface area contributed by atoms with Crippen LogP contribution in [0.25, 0.3) is 10.1 Å². The van der Waals surface area contributed by atoms with Gasteiger partial charge in [-0.25, -0.2) is 13.1 Å². The molecule has 2 N–H and O–H groups in total. The summed E-state index contributed by atoms with van der Waals surface area (Å²) in [6.45, 7) is 5.13. The van der Waals surface area contributed by atoms with Crippen molar-refractivity contribution in [2.45, 2.75) is 30.4 Å². The number of nitrogens with one attached hydrogen (secondary N) is 1. The molecule has 0 aliphatic carbocycles. The molecule has 0 radical (unpaired) electrons. The lowest BCUT2D eigenvalue weighted by molar-refractivity contribution is 0.120. The van der Waals surface area contributed by atoms with E-state index in [1.807, 2.05) is 0 Å². The number of sulfonamides is 1. The van der Waals surface area contributed by atoms with Crippen LogP contribution >= 0.6 is 11.3 Å². The zero-order valence-corrected chi connectivity index (χ0v) is 17.1. The van der Waals surface area contributed by atoms with Crippen molar-refractivity contribution in [1.29, 1.82) is 5.26 Å². The highest BCUT2D eigenvalue weighted by molar-refractivity contribution is 7.91. The van der Waals surface area contributed by atoms with Gasteiger partial charge in [-0.3, -0.25) is 0 Å². The van der Waals surface area contributed by atoms with Crippen molar-refractivity contribution in [2.75, 3.05) is 32.8 Å². The second kappa shape index (κ2) is 8.67. The number of fused-ring (bicyclic) bond motifs is 1. The first-order chi connectivity index (χ1) is 12.9. The number of aliphatic hydroxyl groups is 1. The van der Waals surface area contributed by atoms with Crippen LogP contribution < -0.4 is 4.72 Å². The Kier molecular flexibility index (Phi) is 6.50. The zero-order chi connectivity index (χ0) is 19.4. The molecule has 146 valence electrons. The summed E-state index contributed by atoms with van der Waals surface area (Å²) in [4.78, 5) is 2.30.